The number of nitrogens with zero attached hydrogens (tertiary/aromatic N) is 1. The molecule has 164 valence electrons. The van der Waals surface area contributed by atoms with E-state index in [9.17, 15) is 27.1 Å². The highest BCUT2D eigenvalue weighted by atomic mass is 35.5. The minimum atomic E-state index is -4.71. The van der Waals surface area contributed by atoms with Gasteiger partial charge in [-0.25, -0.2) is 8.78 Å². The van der Waals surface area contributed by atoms with Gasteiger partial charge in [-0.05, 0) is 43.2 Å². The van der Waals surface area contributed by atoms with Gasteiger partial charge in [0, 0.05) is 42.9 Å². The highest BCUT2D eigenvalue weighted by molar-refractivity contribution is 6.31. The van der Waals surface area contributed by atoms with Gasteiger partial charge in [0.05, 0.1) is 10.6 Å². The molecule has 2 aromatic rings. The zero-order chi connectivity index (χ0) is 22.1. The third kappa shape index (κ3) is 5.35. The Balaban J connectivity index is 2.01. The van der Waals surface area contributed by atoms with E-state index in [1.807, 2.05) is 13.0 Å². The van der Waals surface area contributed by atoms with Crippen LogP contribution in [0.15, 0.2) is 36.4 Å². The van der Waals surface area contributed by atoms with Crippen molar-refractivity contribution in [3.05, 3.63) is 58.1 Å². The summed E-state index contributed by atoms with van der Waals surface area (Å²) in [5.74, 6) is -2.87. The van der Waals surface area contributed by atoms with Crippen molar-refractivity contribution in [1.82, 2.24) is 0 Å². The molecule has 0 bridgehead atoms. The molecular formula is C21H22ClF5N2O. The molecule has 1 aliphatic heterocycles. The van der Waals surface area contributed by atoms with Gasteiger partial charge in [0.25, 0.3) is 0 Å². The van der Waals surface area contributed by atoms with E-state index >= 15 is 0 Å². The molecule has 0 aliphatic carbocycles. The van der Waals surface area contributed by atoms with Crippen molar-refractivity contribution in [1.29, 1.82) is 0 Å². The minimum absolute atomic E-state index is 0.0390. The molecule has 1 saturated heterocycles. The quantitative estimate of drug-likeness (QED) is 0.420. The minimum Gasteiger partial charge on any atom is -0.371 e. The predicted octanol–water partition coefficient (Wildman–Crippen LogP) is 6.40. The lowest BCUT2D eigenvalue weighted by molar-refractivity contribution is -0.137. The zero-order valence-electron chi connectivity index (χ0n) is 16.2. The van der Waals surface area contributed by atoms with Gasteiger partial charge in [0.15, 0.2) is 6.23 Å². The van der Waals surface area contributed by atoms with Gasteiger partial charge >= 0.3 is 6.18 Å². The molecule has 1 aliphatic rings. The fraction of sp³-hybridized carbons (Fsp3) is 0.429. The number of halogens is 6. The Labute approximate surface area is 176 Å². The molecule has 0 amide bonds. The number of nitrogens with one attached hydrogen (secondary N) is 1. The first-order valence-electron chi connectivity index (χ1n) is 9.51. The second-order valence-corrected chi connectivity index (χ2v) is 7.91. The molecule has 1 unspecified atom stereocenters. The Morgan fingerprint density at radius 3 is 2.53 bits per heavy atom. The number of benzene rings is 2. The number of alkyl halides is 5. The number of hydrogen-bond donors (Lipinski definition) is 2. The third-order valence-corrected chi connectivity index (χ3v) is 5.41. The number of aliphatic hydroxyl groups is 1. The average Bonchev–Trinajstić information content (AvgIpc) is 2.81. The van der Waals surface area contributed by atoms with Crippen molar-refractivity contribution >= 4 is 23.0 Å². The lowest BCUT2D eigenvalue weighted by atomic mass is 10.0. The van der Waals surface area contributed by atoms with E-state index in [4.69, 9.17) is 11.6 Å². The molecule has 0 spiro atoms. The third-order valence-electron chi connectivity index (χ3n) is 5.10. The van der Waals surface area contributed by atoms with Gasteiger partial charge in [0.2, 0.25) is 5.92 Å². The van der Waals surface area contributed by atoms with Crippen LogP contribution in [0.5, 0.6) is 0 Å². The Morgan fingerprint density at radius 2 is 1.87 bits per heavy atom. The highest BCUT2D eigenvalue weighted by Crippen LogP contribution is 2.41. The second-order valence-electron chi connectivity index (χ2n) is 7.50. The van der Waals surface area contributed by atoms with Gasteiger partial charge in [0.1, 0.15) is 0 Å². The van der Waals surface area contributed by atoms with Gasteiger partial charge in [-0.1, -0.05) is 23.7 Å². The molecule has 2 N–H and O–H groups in total. The number of hydrogen-bond acceptors (Lipinski definition) is 3. The number of aryl methyl sites for hydroxylation is 1. The number of aliphatic hydroxyl groups excluding tert-OH is 1. The summed E-state index contributed by atoms with van der Waals surface area (Å²) in [6, 6.07) is 8.98. The fourth-order valence-electron chi connectivity index (χ4n) is 3.56. The summed E-state index contributed by atoms with van der Waals surface area (Å²) in [6.07, 6.45) is -6.78. The van der Waals surface area contributed by atoms with Crippen molar-refractivity contribution in [3.63, 3.8) is 0 Å². The molecule has 30 heavy (non-hydrogen) atoms. The van der Waals surface area contributed by atoms with Crippen molar-refractivity contribution in [2.24, 2.45) is 0 Å². The molecule has 3 nitrogen and oxygen atoms in total. The van der Waals surface area contributed by atoms with Crippen LogP contribution in [0, 0.1) is 6.92 Å². The van der Waals surface area contributed by atoms with Gasteiger partial charge in [-0.3, -0.25) is 0 Å². The normalized spacial score (nSPS) is 18.1. The summed E-state index contributed by atoms with van der Waals surface area (Å²) in [7, 11) is 0. The lowest BCUT2D eigenvalue weighted by Crippen LogP contribution is -2.28. The van der Waals surface area contributed by atoms with Crippen molar-refractivity contribution in [3.8, 4) is 0 Å². The monoisotopic (exact) mass is 448 g/mol. The van der Waals surface area contributed by atoms with Crippen molar-refractivity contribution < 1.29 is 27.1 Å². The molecule has 1 fully saturated rings. The van der Waals surface area contributed by atoms with Crippen LogP contribution in [-0.2, 0) is 6.18 Å². The van der Waals surface area contributed by atoms with Crippen LogP contribution in [-0.4, -0.2) is 24.1 Å². The Morgan fingerprint density at radius 1 is 1.13 bits per heavy atom. The average molecular weight is 449 g/mol. The smallest absolute Gasteiger partial charge is 0.371 e. The van der Waals surface area contributed by atoms with Crippen LogP contribution >= 0.6 is 11.6 Å². The molecule has 0 radical (unpaired) electrons. The maximum Gasteiger partial charge on any atom is 0.417 e. The van der Waals surface area contributed by atoms with E-state index in [-0.39, 0.29) is 37.2 Å². The van der Waals surface area contributed by atoms with Gasteiger partial charge in [-0.2, -0.15) is 13.2 Å². The molecular weight excluding hydrogens is 427 g/mol. The molecule has 2 aromatic carbocycles. The van der Waals surface area contributed by atoms with Crippen LogP contribution in [0.1, 0.15) is 42.2 Å². The van der Waals surface area contributed by atoms with E-state index in [0.717, 1.165) is 17.7 Å². The first-order chi connectivity index (χ1) is 14.0. The first-order valence-corrected chi connectivity index (χ1v) is 9.89. The highest BCUT2D eigenvalue weighted by Gasteiger charge is 2.37. The molecule has 1 heterocycles. The number of rotatable bonds is 4. The van der Waals surface area contributed by atoms with Crippen LogP contribution < -0.4 is 10.2 Å². The molecule has 9 heteroatoms. The maximum atomic E-state index is 13.8. The molecule has 1 atom stereocenters. The largest absolute Gasteiger partial charge is 0.417 e. The van der Waals surface area contributed by atoms with Crippen LogP contribution in [0.25, 0.3) is 0 Å². The van der Waals surface area contributed by atoms with Crippen molar-refractivity contribution in [2.45, 2.75) is 44.5 Å². The summed E-state index contributed by atoms with van der Waals surface area (Å²) >= 11 is 5.88. The lowest BCUT2D eigenvalue weighted by Gasteiger charge is -2.29. The maximum absolute atomic E-state index is 13.8. The standard InChI is InChI=1S/C21H22ClF5N2O/c1-13-4-2-5-14(10-13)28-19(30)15-11-17(22)16(21(25,26)27)12-18(15)29-8-3-6-20(23,24)7-9-29/h2,4-5,10-12,19,28,30H,3,6-9H2,1H3. The summed E-state index contributed by atoms with van der Waals surface area (Å²) in [5, 5.41) is 13.0. The summed E-state index contributed by atoms with van der Waals surface area (Å²) in [5.41, 5.74) is 0.554. The van der Waals surface area contributed by atoms with E-state index in [2.05, 4.69) is 5.32 Å². The Hall–Kier alpha value is -2.06. The van der Waals surface area contributed by atoms with Crippen molar-refractivity contribution in [2.75, 3.05) is 23.3 Å². The summed E-state index contributed by atoms with van der Waals surface area (Å²) in [4.78, 5) is 1.46. The van der Waals surface area contributed by atoms with E-state index in [0.29, 0.717) is 5.69 Å². The topological polar surface area (TPSA) is 35.5 Å². The number of anilines is 2. The Bertz CT molecular complexity index is 903. The SMILES string of the molecule is Cc1cccc(NC(O)c2cc(Cl)c(C(F)(F)F)cc2N2CCCC(F)(F)CC2)c1. The van der Waals surface area contributed by atoms with E-state index in [1.54, 1.807) is 18.2 Å². The summed E-state index contributed by atoms with van der Waals surface area (Å²) < 4.78 is 67.8. The predicted molar refractivity (Wildman–Crippen MR) is 107 cm³/mol. The molecule has 3 rings (SSSR count). The van der Waals surface area contributed by atoms with Gasteiger partial charge in [-0.15, -0.1) is 0 Å². The summed E-state index contributed by atoms with van der Waals surface area (Å²) in [6.45, 7) is 1.88. The zero-order valence-corrected chi connectivity index (χ0v) is 17.0. The molecule has 0 aromatic heterocycles. The fourth-order valence-corrected chi connectivity index (χ4v) is 3.84. The van der Waals surface area contributed by atoms with E-state index < -0.39 is 35.3 Å². The van der Waals surface area contributed by atoms with Crippen LogP contribution in [0.2, 0.25) is 5.02 Å². The Kier molecular flexibility index (Phi) is 6.48. The van der Waals surface area contributed by atoms with Crippen LogP contribution in [0.3, 0.4) is 0 Å². The second kappa shape index (κ2) is 8.59. The van der Waals surface area contributed by atoms with Crippen LogP contribution in [0.4, 0.5) is 33.3 Å². The first kappa shape index (κ1) is 22.6. The van der Waals surface area contributed by atoms with E-state index in [1.165, 1.54) is 4.90 Å². The van der Waals surface area contributed by atoms with Gasteiger partial charge < -0.3 is 15.3 Å². The molecule has 0 saturated carbocycles.